The van der Waals surface area contributed by atoms with Crippen molar-refractivity contribution in [1.82, 2.24) is 9.62 Å². The molecule has 1 atom stereocenters. The lowest BCUT2D eigenvalue weighted by atomic mass is 9.99. The van der Waals surface area contributed by atoms with E-state index in [-0.39, 0.29) is 24.1 Å². The number of rotatable bonds is 4. The van der Waals surface area contributed by atoms with Crippen LogP contribution < -0.4 is 5.32 Å². The lowest BCUT2D eigenvalue weighted by Crippen LogP contribution is -2.45. The molecule has 1 aliphatic rings. The maximum atomic E-state index is 12.5. The second-order valence-corrected chi connectivity index (χ2v) is 8.10. The number of halogens is 2. The van der Waals surface area contributed by atoms with Gasteiger partial charge in [-0.2, -0.15) is 0 Å². The first-order valence-corrected chi connectivity index (χ1v) is 9.33. The zero-order valence-electron chi connectivity index (χ0n) is 12.2. The first-order chi connectivity index (χ1) is 10.3. The van der Waals surface area contributed by atoms with E-state index in [0.29, 0.717) is 35.0 Å². The molecule has 8 heteroatoms. The van der Waals surface area contributed by atoms with Gasteiger partial charge >= 0.3 is 0 Å². The smallest absolute Gasteiger partial charge is 0.224 e. The fourth-order valence-corrected chi connectivity index (χ4v) is 4.46. The molecule has 1 heterocycles. The number of hydrogen-bond acceptors (Lipinski definition) is 3. The maximum absolute atomic E-state index is 12.5. The van der Waals surface area contributed by atoms with Crippen LogP contribution in [-0.4, -0.2) is 38.8 Å². The molecule has 0 aromatic heterocycles. The Morgan fingerprint density at radius 1 is 1.36 bits per heavy atom. The van der Waals surface area contributed by atoms with Crippen LogP contribution in [0.1, 0.15) is 18.4 Å². The molecule has 0 radical (unpaired) electrons. The van der Waals surface area contributed by atoms with E-state index >= 15 is 0 Å². The molecule has 0 spiro atoms. The minimum absolute atomic E-state index is 0.116. The molecule has 1 unspecified atom stereocenters. The zero-order valence-corrected chi connectivity index (χ0v) is 14.5. The number of benzene rings is 1. The minimum atomic E-state index is -3.49. The van der Waals surface area contributed by atoms with Crippen LogP contribution in [0.2, 0.25) is 10.0 Å². The summed E-state index contributed by atoms with van der Waals surface area (Å²) in [7, 11) is -1.93. The standard InChI is InChI=1S/C14H18Cl2N2O3S/c1-17-14(19)11-3-2-6-18(8-11)22(20,21)9-10-4-5-12(15)13(16)7-10/h4-5,7,11H,2-3,6,8-9H2,1H3,(H,17,19). The van der Waals surface area contributed by atoms with Crippen molar-refractivity contribution in [2.45, 2.75) is 18.6 Å². The van der Waals surface area contributed by atoms with E-state index in [2.05, 4.69) is 5.32 Å². The summed E-state index contributed by atoms with van der Waals surface area (Å²) in [4.78, 5) is 11.7. The van der Waals surface area contributed by atoms with E-state index in [1.54, 1.807) is 25.2 Å². The van der Waals surface area contributed by atoms with Crippen LogP contribution in [0, 0.1) is 5.92 Å². The third-order valence-electron chi connectivity index (χ3n) is 3.73. The first kappa shape index (κ1) is 17.5. The van der Waals surface area contributed by atoms with Crippen molar-refractivity contribution in [1.29, 1.82) is 0 Å². The summed E-state index contributed by atoms with van der Waals surface area (Å²) < 4.78 is 26.4. The normalized spacial score (nSPS) is 19.9. The summed E-state index contributed by atoms with van der Waals surface area (Å²) in [5.74, 6) is -0.554. The lowest BCUT2D eigenvalue weighted by molar-refractivity contribution is -0.125. The minimum Gasteiger partial charge on any atom is -0.359 e. The van der Waals surface area contributed by atoms with Gasteiger partial charge < -0.3 is 5.32 Å². The molecule has 22 heavy (non-hydrogen) atoms. The fourth-order valence-electron chi connectivity index (χ4n) is 2.54. The number of piperidine rings is 1. The van der Waals surface area contributed by atoms with Gasteiger partial charge in [-0.15, -0.1) is 0 Å². The molecule has 1 aromatic rings. The number of sulfonamides is 1. The van der Waals surface area contributed by atoms with Crippen molar-refractivity contribution >= 4 is 39.1 Å². The molecule has 1 N–H and O–H groups in total. The topological polar surface area (TPSA) is 66.5 Å². The number of hydrogen-bond donors (Lipinski definition) is 1. The Balaban J connectivity index is 2.12. The molecular formula is C14H18Cl2N2O3S. The summed E-state index contributed by atoms with van der Waals surface area (Å²) in [5, 5.41) is 3.30. The zero-order chi connectivity index (χ0) is 16.3. The third kappa shape index (κ3) is 4.13. The highest BCUT2D eigenvalue weighted by atomic mass is 35.5. The monoisotopic (exact) mass is 364 g/mol. The molecule has 122 valence electrons. The molecule has 1 fully saturated rings. The number of carbonyl (C=O) groups is 1. The molecule has 1 aromatic carbocycles. The van der Waals surface area contributed by atoms with Gasteiger partial charge in [0.25, 0.3) is 0 Å². The van der Waals surface area contributed by atoms with Gasteiger partial charge in [0.15, 0.2) is 0 Å². The van der Waals surface area contributed by atoms with Crippen LogP contribution in [0.25, 0.3) is 0 Å². The Hall–Kier alpha value is -0.820. The quantitative estimate of drug-likeness (QED) is 0.890. The van der Waals surface area contributed by atoms with E-state index in [0.717, 1.165) is 0 Å². The summed E-state index contributed by atoms with van der Waals surface area (Å²) in [6.45, 7) is 0.667. The highest BCUT2D eigenvalue weighted by molar-refractivity contribution is 7.88. The number of nitrogens with one attached hydrogen (secondary N) is 1. The summed E-state index contributed by atoms with van der Waals surface area (Å²) in [6, 6.07) is 4.78. The SMILES string of the molecule is CNC(=O)C1CCCN(S(=O)(=O)Cc2ccc(Cl)c(Cl)c2)C1. The molecular weight excluding hydrogens is 347 g/mol. The molecule has 2 rings (SSSR count). The lowest BCUT2D eigenvalue weighted by Gasteiger charge is -2.31. The molecule has 1 saturated heterocycles. The van der Waals surface area contributed by atoms with Gasteiger partial charge in [-0.05, 0) is 30.5 Å². The third-order valence-corrected chi connectivity index (χ3v) is 6.28. The average Bonchev–Trinajstić information content (AvgIpc) is 2.50. The largest absolute Gasteiger partial charge is 0.359 e. The van der Waals surface area contributed by atoms with Gasteiger partial charge in [-0.25, -0.2) is 12.7 Å². The van der Waals surface area contributed by atoms with Crippen LogP contribution >= 0.6 is 23.2 Å². The summed E-state index contributed by atoms with van der Waals surface area (Å²) in [6.07, 6.45) is 1.39. The Morgan fingerprint density at radius 2 is 2.09 bits per heavy atom. The molecule has 5 nitrogen and oxygen atoms in total. The first-order valence-electron chi connectivity index (χ1n) is 6.97. The average molecular weight is 365 g/mol. The predicted octanol–water partition coefficient (Wildman–Crippen LogP) is 2.28. The van der Waals surface area contributed by atoms with Crippen molar-refractivity contribution in [2.24, 2.45) is 5.92 Å². The van der Waals surface area contributed by atoms with Crippen LogP contribution in [0.3, 0.4) is 0 Å². The molecule has 1 aliphatic heterocycles. The number of nitrogens with zero attached hydrogens (tertiary/aromatic N) is 1. The Kier molecular flexibility index (Phi) is 5.71. The van der Waals surface area contributed by atoms with Crippen molar-refractivity contribution in [2.75, 3.05) is 20.1 Å². The van der Waals surface area contributed by atoms with Gasteiger partial charge in [0, 0.05) is 20.1 Å². The second-order valence-electron chi connectivity index (χ2n) is 5.32. The van der Waals surface area contributed by atoms with E-state index in [4.69, 9.17) is 23.2 Å². The Bertz CT molecular complexity index is 664. The highest BCUT2D eigenvalue weighted by Crippen LogP contribution is 2.25. The maximum Gasteiger partial charge on any atom is 0.224 e. The van der Waals surface area contributed by atoms with Gasteiger partial charge in [-0.3, -0.25) is 4.79 Å². The van der Waals surface area contributed by atoms with Gasteiger partial charge in [0.1, 0.15) is 0 Å². The molecule has 1 amide bonds. The van der Waals surface area contributed by atoms with Gasteiger partial charge in [-0.1, -0.05) is 29.3 Å². The van der Waals surface area contributed by atoms with Crippen LogP contribution in [0.4, 0.5) is 0 Å². The molecule has 0 bridgehead atoms. The van der Waals surface area contributed by atoms with E-state index < -0.39 is 10.0 Å². The second kappa shape index (κ2) is 7.17. The van der Waals surface area contributed by atoms with E-state index in [1.165, 1.54) is 4.31 Å². The van der Waals surface area contributed by atoms with Crippen molar-refractivity contribution < 1.29 is 13.2 Å². The van der Waals surface area contributed by atoms with E-state index in [9.17, 15) is 13.2 Å². The van der Waals surface area contributed by atoms with Gasteiger partial charge in [0.05, 0.1) is 21.7 Å². The van der Waals surface area contributed by atoms with Crippen molar-refractivity contribution in [3.05, 3.63) is 33.8 Å². The van der Waals surface area contributed by atoms with Crippen molar-refractivity contribution in [3.8, 4) is 0 Å². The number of carbonyl (C=O) groups excluding carboxylic acids is 1. The summed E-state index contributed by atoms with van der Waals surface area (Å²) >= 11 is 11.8. The molecule has 0 aliphatic carbocycles. The fraction of sp³-hybridized carbons (Fsp3) is 0.500. The molecule has 0 saturated carbocycles. The highest BCUT2D eigenvalue weighted by Gasteiger charge is 2.32. The summed E-state index contributed by atoms with van der Waals surface area (Å²) in [5.41, 5.74) is 0.580. The van der Waals surface area contributed by atoms with Crippen LogP contribution in [-0.2, 0) is 20.6 Å². The Morgan fingerprint density at radius 3 is 2.73 bits per heavy atom. The van der Waals surface area contributed by atoms with E-state index in [1.807, 2.05) is 0 Å². The Labute approximate surface area is 140 Å². The van der Waals surface area contributed by atoms with Crippen LogP contribution in [0.5, 0.6) is 0 Å². The van der Waals surface area contributed by atoms with Crippen molar-refractivity contribution in [3.63, 3.8) is 0 Å². The number of amides is 1. The van der Waals surface area contributed by atoms with Gasteiger partial charge in [0.2, 0.25) is 15.9 Å². The predicted molar refractivity (Wildman–Crippen MR) is 87.4 cm³/mol. The van der Waals surface area contributed by atoms with Crippen LogP contribution in [0.15, 0.2) is 18.2 Å².